The Morgan fingerprint density at radius 2 is 2.50 bits per heavy atom. The van der Waals surface area contributed by atoms with Crippen LogP contribution in [0.5, 0.6) is 0 Å². The summed E-state index contributed by atoms with van der Waals surface area (Å²) in [5.74, 6) is -0.0590. The maximum absolute atomic E-state index is 11.4. The summed E-state index contributed by atoms with van der Waals surface area (Å²) in [6.45, 7) is 3.85. The van der Waals surface area contributed by atoms with Crippen molar-refractivity contribution in [1.82, 2.24) is 10.5 Å². The van der Waals surface area contributed by atoms with Crippen molar-refractivity contribution >= 4 is 5.91 Å². The highest BCUT2D eigenvalue weighted by Crippen LogP contribution is 2.04. The van der Waals surface area contributed by atoms with E-state index in [0.717, 1.165) is 0 Å². The Bertz CT molecular complexity index is 307. The van der Waals surface area contributed by atoms with E-state index in [1.54, 1.807) is 13.8 Å². The number of aromatic nitrogens is 1. The Hall–Kier alpha value is -1.36. The first kappa shape index (κ1) is 10.7. The summed E-state index contributed by atoms with van der Waals surface area (Å²) in [6, 6.07) is 0. The van der Waals surface area contributed by atoms with Crippen LogP contribution in [0.4, 0.5) is 0 Å². The number of aliphatic hydroxyl groups excluding tert-OH is 1. The molecule has 0 fully saturated rings. The summed E-state index contributed by atoms with van der Waals surface area (Å²) < 4.78 is 4.76. The predicted octanol–water partition coefficient (Wildman–Crippen LogP) is 0.484. The van der Waals surface area contributed by atoms with Crippen LogP contribution < -0.4 is 5.32 Å². The molecule has 5 nitrogen and oxygen atoms in total. The van der Waals surface area contributed by atoms with E-state index in [1.165, 1.54) is 6.20 Å². The van der Waals surface area contributed by atoms with Gasteiger partial charge in [0, 0.05) is 12.1 Å². The van der Waals surface area contributed by atoms with Crippen LogP contribution in [-0.2, 0) is 0 Å². The molecule has 0 spiro atoms. The van der Waals surface area contributed by atoms with Gasteiger partial charge in [-0.3, -0.25) is 4.79 Å². The molecule has 0 saturated carbocycles. The molecule has 1 amide bonds. The van der Waals surface area contributed by atoms with Gasteiger partial charge >= 0.3 is 0 Å². The molecule has 1 rings (SSSR count). The molecule has 0 saturated heterocycles. The normalized spacial score (nSPS) is 12.5. The van der Waals surface area contributed by atoms with Crippen LogP contribution in [0.1, 0.15) is 29.5 Å². The van der Waals surface area contributed by atoms with Crippen molar-refractivity contribution in [3.05, 3.63) is 17.5 Å². The van der Waals surface area contributed by atoms with Crippen LogP contribution in [0, 0.1) is 6.92 Å². The van der Waals surface area contributed by atoms with Crippen molar-refractivity contribution in [3.63, 3.8) is 0 Å². The standard InChI is InChI=1S/C9H14N2O3/c1-6-5-11-14-8(6)9(13)10-4-3-7(2)12/h5,7,12H,3-4H2,1-2H3,(H,10,13). The molecule has 0 aliphatic carbocycles. The summed E-state index contributed by atoms with van der Waals surface area (Å²) in [5.41, 5.74) is 0.708. The molecule has 0 aliphatic rings. The maximum atomic E-state index is 11.4. The molecular formula is C9H14N2O3. The van der Waals surface area contributed by atoms with Gasteiger partial charge in [0.15, 0.2) is 0 Å². The van der Waals surface area contributed by atoms with Crippen molar-refractivity contribution in [2.75, 3.05) is 6.54 Å². The second-order valence-electron chi connectivity index (χ2n) is 3.23. The van der Waals surface area contributed by atoms with Gasteiger partial charge < -0.3 is 14.9 Å². The highest BCUT2D eigenvalue weighted by Gasteiger charge is 2.13. The van der Waals surface area contributed by atoms with E-state index in [2.05, 4.69) is 10.5 Å². The number of carbonyl (C=O) groups excluding carboxylic acids is 1. The molecule has 0 bridgehead atoms. The van der Waals surface area contributed by atoms with Crippen LogP contribution in [0.2, 0.25) is 0 Å². The Morgan fingerprint density at radius 1 is 1.79 bits per heavy atom. The number of hydrogen-bond donors (Lipinski definition) is 2. The molecule has 0 aliphatic heterocycles. The van der Waals surface area contributed by atoms with E-state index >= 15 is 0 Å². The molecule has 1 heterocycles. The number of carbonyl (C=O) groups is 1. The Morgan fingerprint density at radius 3 is 3.00 bits per heavy atom. The van der Waals surface area contributed by atoms with Crippen molar-refractivity contribution < 1.29 is 14.4 Å². The van der Waals surface area contributed by atoms with Crippen molar-refractivity contribution in [3.8, 4) is 0 Å². The van der Waals surface area contributed by atoms with Crippen LogP contribution >= 0.6 is 0 Å². The Balaban J connectivity index is 2.40. The lowest BCUT2D eigenvalue weighted by Crippen LogP contribution is -2.26. The van der Waals surface area contributed by atoms with Crippen LogP contribution in [0.3, 0.4) is 0 Å². The molecule has 14 heavy (non-hydrogen) atoms. The van der Waals surface area contributed by atoms with E-state index in [4.69, 9.17) is 9.63 Å². The van der Waals surface area contributed by atoms with E-state index in [0.29, 0.717) is 18.5 Å². The number of aliphatic hydroxyl groups is 1. The summed E-state index contributed by atoms with van der Waals surface area (Å²) >= 11 is 0. The first-order valence-electron chi connectivity index (χ1n) is 4.49. The number of rotatable bonds is 4. The first-order valence-corrected chi connectivity index (χ1v) is 4.49. The Labute approximate surface area is 82.1 Å². The largest absolute Gasteiger partial charge is 0.393 e. The van der Waals surface area contributed by atoms with Gasteiger partial charge in [-0.15, -0.1) is 0 Å². The SMILES string of the molecule is Cc1cnoc1C(=O)NCCC(C)O. The van der Waals surface area contributed by atoms with Gasteiger partial charge in [-0.25, -0.2) is 0 Å². The van der Waals surface area contributed by atoms with Gasteiger partial charge in [-0.2, -0.15) is 0 Å². The zero-order valence-electron chi connectivity index (χ0n) is 8.28. The fourth-order valence-corrected chi connectivity index (χ4v) is 0.984. The van der Waals surface area contributed by atoms with Crippen molar-refractivity contribution in [2.45, 2.75) is 26.4 Å². The van der Waals surface area contributed by atoms with E-state index < -0.39 is 6.10 Å². The fraction of sp³-hybridized carbons (Fsp3) is 0.556. The summed E-state index contributed by atoms with van der Waals surface area (Å²) in [4.78, 5) is 11.4. The predicted molar refractivity (Wildman–Crippen MR) is 49.9 cm³/mol. The molecule has 0 radical (unpaired) electrons. The van der Waals surface area contributed by atoms with E-state index in [-0.39, 0.29) is 11.7 Å². The highest BCUT2D eigenvalue weighted by molar-refractivity contribution is 5.92. The lowest BCUT2D eigenvalue weighted by molar-refractivity contribution is 0.0908. The summed E-state index contributed by atoms with van der Waals surface area (Å²) in [7, 11) is 0. The zero-order valence-corrected chi connectivity index (χ0v) is 8.28. The van der Waals surface area contributed by atoms with Gasteiger partial charge in [0.2, 0.25) is 5.76 Å². The molecule has 1 aromatic heterocycles. The highest BCUT2D eigenvalue weighted by atomic mass is 16.5. The molecule has 1 unspecified atom stereocenters. The number of amides is 1. The van der Waals surface area contributed by atoms with Gasteiger partial charge in [0.25, 0.3) is 5.91 Å². The fourth-order valence-electron chi connectivity index (χ4n) is 0.984. The summed E-state index contributed by atoms with van der Waals surface area (Å²) in [5, 5.41) is 15.1. The first-order chi connectivity index (χ1) is 6.61. The third kappa shape index (κ3) is 2.85. The van der Waals surface area contributed by atoms with Gasteiger partial charge in [-0.1, -0.05) is 5.16 Å². The average Bonchev–Trinajstić information content (AvgIpc) is 2.50. The second kappa shape index (κ2) is 4.76. The van der Waals surface area contributed by atoms with Crippen LogP contribution in [-0.4, -0.2) is 28.8 Å². The van der Waals surface area contributed by atoms with Crippen molar-refractivity contribution in [1.29, 1.82) is 0 Å². The van der Waals surface area contributed by atoms with Gasteiger partial charge in [-0.05, 0) is 20.3 Å². The second-order valence-corrected chi connectivity index (χ2v) is 3.23. The molecule has 1 atom stereocenters. The molecular weight excluding hydrogens is 184 g/mol. The Kier molecular flexibility index (Phi) is 3.64. The monoisotopic (exact) mass is 198 g/mol. The van der Waals surface area contributed by atoms with Gasteiger partial charge in [0.05, 0.1) is 12.3 Å². The third-order valence-corrected chi connectivity index (χ3v) is 1.80. The minimum Gasteiger partial charge on any atom is -0.393 e. The van der Waals surface area contributed by atoms with Crippen LogP contribution in [0.15, 0.2) is 10.7 Å². The van der Waals surface area contributed by atoms with E-state index in [9.17, 15) is 4.79 Å². The molecule has 1 aromatic rings. The molecule has 78 valence electrons. The topological polar surface area (TPSA) is 75.4 Å². The average molecular weight is 198 g/mol. The zero-order chi connectivity index (χ0) is 10.6. The van der Waals surface area contributed by atoms with E-state index in [1.807, 2.05) is 0 Å². The lowest BCUT2D eigenvalue weighted by Gasteiger charge is -2.04. The number of nitrogens with zero attached hydrogens (tertiary/aromatic N) is 1. The minimum absolute atomic E-state index is 0.232. The molecule has 2 N–H and O–H groups in total. The molecule has 5 heteroatoms. The quantitative estimate of drug-likeness (QED) is 0.738. The number of hydrogen-bond acceptors (Lipinski definition) is 4. The number of nitrogens with one attached hydrogen (secondary N) is 1. The lowest BCUT2D eigenvalue weighted by atomic mass is 10.2. The maximum Gasteiger partial charge on any atom is 0.290 e. The summed E-state index contributed by atoms with van der Waals surface area (Å²) in [6.07, 6.45) is 1.61. The van der Waals surface area contributed by atoms with Gasteiger partial charge in [0.1, 0.15) is 0 Å². The third-order valence-electron chi connectivity index (χ3n) is 1.80. The van der Waals surface area contributed by atoms with Crippen LogP contribution in [0.25, 0.3) is 0 Å². The smallest absolute Gasteiger partial charge is 0.290 e. The molecule has 0 aromatic carbocycles. The minimum atomic E-state index is -0.411. The van der Waals surface area contributed by atoms with Crippen molar-refractivity contribution in [2.24, 2.45) is 0 Å². The number of aryl methyl sites for hydroxylation is 1.